The molecule has 0 fully saturated rings. The van der Waals surface area contributed by atoms with Crippen LogP contribution in [0.15, 0.2) is 21.3 Å². The van der Waals surface area contributed by atoms with Crippen molar-refractivity contribution in [3.05, 3.63) is 31.4 Å². The van der Waals surface area contributed by atoms with E-state index in [1.54, 1.807) is 6.92 Å². The van der Waals surface area contributed by atoms with Crippen LogP contribution in [0.25, 0.3) is 0 Å². The van der Waals surface area contributed by atoms with Crippen LogP contribution >= 0.6 is 15.9 Å². The van der Waals surface area contributed by atoms with E-state index in [0.717, 1.165) is 0 Å². The van der Waals surface area contributed by atoms with Gasteiger partial charge in [-0.25, -0.2) is 4.79 Å². The Morgan fingerprint density at radius 1 is 1.53 bits per heavy atom. The Morgan fingerprint density at radius 3 is 2.60 bits per heavy atom. The third-order valence-electron chi connectivity index (χ3n) is 2.20. The number of carbonyl (C=O) groups excluding carboxylic acids is 1. The minimum Gasteiger partial charge on any atom is -0.465 e. The molecule has 0 unspecified atom stereocenters. The van der Waals surface area contributed by atoms with Gasteiger partial charge in [-0.15, -0.1) is 0 Å². The number of methoxy groups -OCH3 is 1. The van der Waals surface area contributed by atoms with Crippen LogP contribution in [0, 0.1) is 10.1 Å². The highest BCUT2D eigenvalue weighted by Crippen LogP contribution is 2.34. The molecule has 0 bridgehead atoms. The molecule has 1 rings (SSSR count). The molecule has 1 aliphatic rings. The smallest absolute Gasteiger partial charge is 0.345 e. The van der Waals surface area contributed by atoms with E-state index < -0.39 is 10.9 Å². The van der Waals surface area contributed by atoms with Gasteiger partial charge in [-0.05, 0) is 19.8 Å². The number of carbonyl (C=O) groups is 1. The van der Waals surface area contributed by atoms with Crippen LogP contribution in [0.2, 0.25) is 0 Å². The first-order valence-electron chi connectivity index (χ1n) is 4.30. The van der Waals surface area contributed by atoms with Crippen molar-refractivity contribution in [2.75, 3.05) is 7.11 Å². The van der Waals surface area contributed by atoms with Crippen molar-refractivity contribution in [2.24, 2.45) is 0 Å². The van der Waals surface area contributed by atoms with Crippen LogP contribution in [-0.2, 0) is 9.53 Å². The Balaban J connectivity index is 3.29. The summed E-state index contributed by atoms with van der Waals surface area (Å²) in [5, 5.41) is 10.8. The van der Waals surface area contributed by atoms with Gasteiger partial charge in [-0.3, -0.25) is 10.1 Å². The summed E-state index contributed by atoms with van der Waals surface area (Å²) in [5.41, 5.74) is 0.495. The van der Waals surface area contributed by atoms with Gasteiger partial charge in [0.2, 0.25) is 0 Å². The summed E-state index contributed by atoms with van der Waals surface area (Å²) in [6, 6.07) is 0. The number of halogens is 1. The number of esters is 1. The molecule has 0 aliphatic heterocycles. The van der Waals surface area contributed by atoms with E-state index >= 15 is 0 Å². The second-order valence-electron chi connectivity index (χ2n) is 3.16. The highest BCUT2D eigenvalue weighted by Gasteiger charge is 2.33. The SMILES string of the molecule is COC(=O)C1=C(Br)CCC(C)=C1[N+](=O)[O-]. The fourth-order valence-electron chi connectivity index (χ4n) is 1.44. The van der Waals surface area contributed by atoms with Crippen LogP contribution < -0.4 is 0 Å². The van der Waals surface area contributed by atoms with Gasteiger partial charge in [0.05, 0.1) is 12.0 Å². The van der Waals surface area contributed by atoms with Crippen LogP contribution in [0.1, 0.15) is 19.8 Å². The zero-order valence-corrected chi connectivity index (χ0v) is 9.96. The lowest BCUT2D eigenvalue weighted by Gasteiger charge is -2.14. The summed E-state index contributed by atoms with van der Waals surface area (Å²) in [6.45, 7) is 1.65. The van der Waals surface area contributed by atoms with E-state index in [9.17, 15) is 14.9 Å². The molecule has 15 heavy (non-hydrogen) atoms. The van der Waals surface area contributed by atoms with E-state index in [1.165, 1.54) is 7.11 Å². The van der Waals surface area contributed by atoms with Crippen LogP contribution in [0.5, 0.6) is 0 Å². The molecule has 1 aliphatic carbocycles. The first kappa shape index (κ1) is 11.9. The zero-order chi connectivity index (χ0) is 11.6. The topological polar surface area (TPSA) is 69.4 Å². The molecule has 0 heterocycles. The van der Waals surface area contributed by atoms with Crippen molar-refractivity contribution in [3.8, 4) is 0 Å². The minimum atomic E-state index is -0.673. The standard InChI is InChI=1S/C9H10BrNO4/c1-5-3-4-6(10)7(9(12)15-2)8(5)11(13)14/h3-4H2,1-2H3. The normalized spacial score (nSPS) is 16.7. The Bertz CT molecular complexity index is 384. The number of hydrogen-bond acceptors (Lipinski definition) is 4. The summed E-state index contributed by atoms with van der Waals surface area (Å²) in [5.74, 6) is -0.673. The fourth-order valence-corrected chi connectivity index (χ4v) is 1.99. The van der Waals surface area contributed by atoms with Gasteiger partial charge in [0.25, 0.3) is 5.70 Å². The van der Waals surface area contributed by atoms with Gasteiger partial charge >= 0.3 is 5.97 Å². The lowest BCUT2D eigenvalue weighted by atomic mass is 9.97. The number of rotatable bonds is 2. The average molecular weight is 276 g/mol. The third-order valence-corrected chi connectivity index (χ3v) is 3.00. The number of ether oxygens (including phenoxy) is 1. The van der Waals surface area contributed by atoms with E-state index in [-0.39, 0.29) is 11.3 Å². The van der Waals surface area contributed by atoms with Crippen molar-refractivity contribution < 1.29 is 14.5 Å². The van der Waals surface area contributed by atoms with E-state index in [0.29, 0.717) is 22.9 Å². The lowest BCUT2D eigenvalue weighted by molar-refractivity contribution is -0.422. The first-order valence-corrected chi connectivity index (χ1v) is 5.09. The summed E-state index contributed by atoms with van der Waals surface area (Å²) < 4.78 is 5.06. The maximum atomic E-state index is 11.4. The van der Waals surface area contributed by atoms with Crippen LogP contribution in [0.4, 0.5) is 0 Å². The Hall–Kier alpha value is -1.17. The minimum absolute atomic E-state index is 0.0336. The lowest BCUT2D eigenvalue weighted by Crippen LogP contribution is -2.18. The summed E-state index contributed by atoms with van der Waals surface area (Å²) in [6.07, 6.45) is 1.17. The second-order valence-corrected chi connectivity index (χ2v) is 4.11. The molecule has 82 valence electrons. The van der Waals surface area contributed by atoms with Gasteiger partial charge in [0.1, 0.15) is 5.57 Å². The van der Waals surface area contributed by atoms with Gasteiger partial charge in [-0.2, -0.15) is 0 Å². The summed E-state index contributed by atoms with van der Waals surface area (Å²) in [7, 11) is 1.21. The molecule has 0 saturated heterocycles. The fraction of sp³-hybridized carbons (Fsp3) is 0.444. The molecule has 0 spiro atoms. The highest BCUT2D eigenvalue weighted by molar-refractivity contribution is 9.11. The van der Waals surface area contributed by atoms with Gasteiger partial charge in [0, 0.05) is 10.1 Å². The van der Waals surface area contributed by atoms with Gasteiger partial charge < -0.3 is 4.74 Å². The van der Waals surface area contributed by atoms with E-state index in [4.69, 9.17) is 0 Å². The summed E-state index contributed by atoms with van der Waals surface area (Å²) >= 11 is 3.17. The Labute approximate surface area is 95.1 Å². The predicted molar refractivity (Wildman–Crippen MR) is 56.9 cm³/mol. The molecular weight excluding hydrogens is 266 g/mol. The largest absolute Gasteiger partial charge is 0.465 e. The summed E-state index contributed by atoms with van der Waals surface area (Å²) in [4.78, 5) is 21.7. The van der Waals surface area contributed by atoms with Crippen molar-refractivity contribution in [2.45, 2.75) is 19.8 Å². The molecule has 0 aromatic carbocycles. The number of allylic oxidation sites excluding steroid dienone is 2. The number of nitrogens with zero attached hydrogens (tertiary/aromatic N) is 1. The van der Waals surface area contributed by atoms with Crippen LogP contribution in [-0.4, -0.2) is 18.0 Å². The quantitative estimate of drug-likeness (QED) is 0.440. The maximum Gasteiger partial charge on any atom is 0.345 e. The second kappa shape index (κ2) is 4.57. The molecule has 5 nitrogen and oxygen atoms in total. The maximum absolute atomic E-state index is 11.4. The first-order chi connectivity index (χ1) is 6.99. The highest BCUT2D eigenvalue weighted by atomic mass is 79.9. The van der Waals surface area contributed by atoms with E-state index in [2.05, 4.69) is 20.7 Å². The van der Waals surface area contributed by atoms with Crippen LogP contribution in [0.3, 0.4) is 0 Å². The molecule has 0 radical (unpaired) electrons. The monoisotopic (exact) mass is 275 g/mol. The van der Waals surface area contributed by atoms with Crippen molar-refractivity contribution in [1.82, 2.24) is 0 Å². The van der Waals surface area contributed by atoms with Gasteiger partial charge in [-0.1, -0.05) is 15.9 Å². The molecular formula is C9H10BrNO4. The molecule has 0 saturated carbocycles. The van der Waals surface area contributed by atoms with Crippen molar-refractivity contribution >= 4 is 21.9 Å². The predicted octanol–water partition coefficient (Wildman–Crippen LogP) is 2.15. The number of hydrogen-bond donors (Lipinski definition) is 0. The van der Waals surface area contributed by atoms with Crippen molar-refractivity contribution in [1.29, 1.82) is 0 Å². The molecule has 6 heteroatoms. The Morgan fingerprint density at radius 2 is 2.13 bits per heavy atom. The molecule has 0 atom stereocenters. The molecule has 0 N–H and O–H groups in total. The van der Waals surface area contributed by atoms with Crippen molar-refractivity contribution in [3.63, 3.8) is 0 Å². The molecule has 0 amide bonds. The molecule has 0 aromatic heterocycles. The third kappa shape index (κ3) is 2.26. The van der Waals surface area contributed by atoms with E-state index in [1.807, 2.05) is 0 Å². The zero-order valence-electron chi connectivity index (χ0n) is 8.37. The average Bonchev–Trinajstić information content (AvgIpc) is 2.19. The molecule has 0 aromatic rings. The van der Waals surface area contributed by atoms with Gasteiger partial charge in [0.15, 0.2) is 0 Å². The number of nitro groups is 1. The Kier molecular flexibility index (Phi) is 3.62.